The highest BCUT2D eigenvalue weighted by Gasteiger charge is 2.30. The van der Waals surface area contributed by atoms with Gasteiger partial charge in [-0.1, -0.05) is 12.1 Å². The number of aliphatic hydroxyl groups excluding tert-OH is 1. The summed E-state index contributed by atoms with van der Waals surface area (Å²) in [5.41, 5.74) is 0.582. The first-order valence-electron chi connectivity index (χ1n) is 6.73. The number of carbonyl (C=O) groups excluding carboxylic acids is 1. The number of carbonyl (C=O) groups is 1. The third kappa shape index (κ3) is 2.04. The minimum atomic E-state index is -0.167. The molecule has 0 bridgehead atoms. The number of fused-ring (bicyclic) bond motifs is 1. The van der Waals surface area contributed by atoms with Crippen molar-refractivity contribution in [1.82, 2.24) is 4.90 Å². The van der Waals surface area contributed by atoms with Crippen LogP contribution < -0.4 is 4.74 Å². The summed E-state index contributed by atoms with van der Waals surface area (Å²) in [6.07, 6.45) is 1.76. The summed E-state index contributed by atoms with van der Waals surface area (Å²) in [6.45, 7) is 0.660. The van der Waals surface area contributed by atoms with Gasteiger partial charge in [-0.15, -0.1) is 0 Å². The van der Waals surface area contributed by atoms with Gasteiger partial charge >= 0.3 is 0 Å². The molecule has 0 aliphatic carbocycles. The van der Waals surface area contributed by atoms with Crippen LogP contribution in [0.3, 0.4) is 0 Å². The molecule has 0 unspecified atom stereocenters. The van der Waals surface area contributed by atoms with Crippen LogP contribution in [0.1, 0.15) is 23.4 Å². The molecule has 106 valence electrons. The number of methoxy groups -OCH3 is 1. The lowest BCUT2D eigenvalue weighted by atomic mass is 10.2. The van der Waals surface area contributed by atoms with Gasteiger partial charge in [-0.05, 0) is 25.0 Å². The number of likely N-dealkylation sites (tertiary alicyclic amines) is 1. The average molecular weight is 275 g/mol. The highest BCUT2D eigenvalue weighted by atomic mass is 16.5. The molecule has 1 aromatic carbocycles. The molecule has 3 rings (SSSR count). The lowest BCUT2D eigenvalue weighted by Gasteiger charge is -2.21. The monoisotopic (exact) mass is 275 g/mol. The van der Waals surface area contributed by atoms with Gasteiger partial charge in [-0.3, -0.25) is 4.79 Å². The van der Waals surface area contributed by atoms with Crippen molar-refractivity contribution in [3.8, 4) is 5.75 Å². The molecule has 5 heteroatoms. The number of aliphatic hydroxyl groups is 1. The molecule has 0 radical (unpaired) electrons. The lowest BCUT2D eigenvalue weighted by molar-refractivity contribution is 0.0648. The van der Waals surface area contributed by atoms with Gasteiger partial charge in [0.1, 0.15) is 0 Å². The van der Waals surface area contributed by atoms with Crippen LogP contribution in [0.4, 0.5) is 0 Å². The van der Waals surface area contributed by atoms with Crippen molar-refractivity contribution in [3.05, 3.63) is 30.0 Å². The molecular weight excluding hydrogens is 258 g/mol. The van der Waals surface area contributed by atoms with E-state index in [1.165, 1.54) is 0 Å². The first kappa shape index (κ1) is 13.0. The number of furan rings is 1. The largest absolute Gasteiger partial charge is 0.493 e. The Morgan fingerprint density at radius 2 is 2.40 bits per heavy atom. The zero-order chi connectivity index (χ0) is 14.1. The molecular formula is C15H17NO4. The summed E-state index contributed by atoms with van der Waals surface area (Å²) in [5, 5.41) is 10.1. The molecule has 1 aromatic heterocycles. The molecule has 20 heavy (non-hydrogen) atoms. The molecule has 1 saturated heterocycles. The van der Waals surface area contributed by atoms with Crippen LogP contribution in [0.15, 0.2) is 28.7 Å². The second-order valence-corrected chi connectivity index (χ2v) is 4.97. The fourth-order valence-corrected chi connectivity index (χ4v) is 2.74. The normalized spacial score (nSPS) is 18.7. The number of ether oxygens (including phenoxy) is 1. The highest BCUT2D eigenvalue weighted by molar-refractivity contribution is 5.97. The molecule has 2 aromatic rings. The van der Waals surface area contributed by atoms with Crippen LogP contribution in [0.5, 0.6) is 5.75 Å². The van der Waals surface area contributed by atoms with Crippen molar-refractivity contribution in [2.45, 2.75) is 18.9 Å². The topological polar surface area (TPSA) is 62.9 Å². The zero-order valence-corrected chi connectivity index (χ0v) is 11.3. The Morgan fingerprint density at radius 3 is 3.15 bits per heavy atom. The number of para-hydroxylation sites is 1. The number of hydrogen-bond donors (Lipinski definition) is 1. The van der Waals surface area contributed by atoms with Gasteiger partial charge in [-0.2, -0.15) is 0 Å². The Labute approximate surface area is 116 Å². The smallest absolute Gasteiger partial charge is 0.289 e. The minimum Gasteiger partial charge on any atom is -0.493 e. The predicted octanol–water partition coefficient (Wildman–Crippen LogP) is 2.04. The van der Waals surface area contributed by atoms with E-state index in [2.05, 4.69) is 0 Å². The van der Waals surface area contributed by atoms with E-state index in [4.69, 9.17) is 9.15 Å². The highest BCUT2D eigenvalue weighted by Crippen LogP contribution is 2.30. The first-order chi connectivity index (χ1) is 9.74. The number of amides is 1. The SMILES string of the molecule is COc1cccc2cc(C(=O)N3CCC[C@@H]3CO)oc12. The van der Waals surface area contributed by atoms with Crippen LogP contribution >= 0.6 is 0 Å². The molecule has 2 heterocycles. The summed E-state index contributed by atoms with van der Waals surface area (Å²) in [6, 6.07) is 7.17. The number of hydrogen-bond acceptors (Lipinski definition) is 4. The van der Waals surface area contributed by atoms with E-state index in [1.54, 1.807) is 24.1 Å². The van der Waals surface area contributed by atoms with Crippen molar-refractivity contribution in [2.75, 3.05) is 20.3 Å². The second-order valence-electron chi connectivity index (χ2n) is 4.97. The standard InChI is InChI=1S/C15H17NO4/c1-19-12-6-2-4-10-8-13(20-14(10)12)15(18)16-7-3-5-11(16)9-17/h2,4,6,8,11,17H,3,5,7,9H2,1H3/t11-/m1/s1. The maximum atomic E-state index is 12.5. The van der Waals surface area contributed by atoms with Crippen LogP contribution in [-0.4, -0.2) is 42.2 Å². The maximum absolute atomic E-state index is 12.5. The molecule has 0 spiro atoms. The van der Waals surface area contributed by atoms with Crippen LogP contribution in [-0.2, 0) is 0 Å². The molecule has 1 atom stereocenters. The van der Waals surface area contributed by atoms with E-state index in [1.807, 2.05) is 12.1 Å². The van der Waals surface area contributed by atoms with Gasteiger partial charge in [0.05, 0.1) is 19.8 Å². The van der Waals surface area contributed by atoms with E-state index in [9.17, 15) is 9.90 Å². The van der Waals surface area contributed by atoms with Gasteiger partial charge < -0.3 is 19.2 Å². The molecule has 1 amide bonds. The quantitative estimate of drug-likeness (QED) is 0.931. The predicted molar refractivity (Wildman–Crippen MR) is 73.9 cm³/mol. The Bertz CT molecular complexity index is 634. The van der Waals surface area contributed by atoms with Gasteiger partial charge in [-0.25, -0.2) is 0 Å². The molecule has 1 aliphatic rings. The number of benzene rings is 1. The van der Waals surface area contributed by atoms with Crippen molar-refractivity contribution >= 4 is 16.9 Å². The Balaban J connectivity index is 1.96. The fourth-order valence-electron chi connectivity index (χ4n) is 2.74. The average Bonchev–Trinajstić information content (AvgIpc) is 3.11. The molecule has 5 nitrogen and oxygen atoms in total. The Morgan fingerprint density at radius 1 is 1.55 bits per heavy atom. The number of nitrogens with zero attached hydrogens (tertiary/aromatic N) is 1. The Hall–Kier alpha value is -2.01. The van der Waals surface area contributed by atoms with E-state index in [0.29, 0.717) is 23.6 Å². The van der Waals surface area contributed by atoms with Crippen molar-refractivity contribution < 1.29 is 19.1 Å². The first-order valence-corrected chi connectivity index (χ1v) is 6.73. The summed E-state index contributed by atoms with van der Waals surface area (Å²) in [5.74, 6) is 0.742. The van der Waals surface area contributed by atoms with Crippen molar-refractivity contribution in [1.29, 1.82) is 0 Å². The van der Waals surface area contributed by atoms with Crippen LogP contribution in [0, 0.1) is 0 Å². The summed E-state index contributed by atoms with van der Waals surface area (Å²) in [4.78, 5) is 14.2. The molecule has 0 saturated carbocycles. The van der Waals surface area contributed by atoms with Gasteiger partial charge in [0.15, 0.2) is 17.1 Å². The van der Waals surface area contributed by atoms with E-state index >= 15 is 0 Å². The number of rotatable bonds is 3. The second kappa shape index (κ2) is 5.17. The van der Waals surface area contributed by atoms with E-state index in [-0.39, 0.29) is 18.6 Å². The Kier molecular flexibility index (Phi) is 3.36. The summed E-state index contributed by atoms with van der Waals surface area (Å²) < 4.78 is 10.9. The minimum absolute atomic E-state index is 0.00467. The maximum Gasteiger partial charge on any atom is 0.289 e. The summed E-state index contributed by atoms with van der Waals surface area (Å²) in [7, 11) is 1.57. The van der Waals surface area contributed by atoms with Crippen molar-refractivity contribution in [3.63, 3.8) is 0 Å². The molecule has 1 fully saturated rings. The zero-order valence-electron chi connectivity index (χ0n) is 11.3. The lowest BCUT2D eigenvalue weighted by Crippen LogP contribution is -2.37. The third-order valence-corrected chi connectivity index (χ3v) is 3.79. The summed E-state index contributed by atoms with van der Waals surface area (Å²) >= 11 is 0. The van der Waals surface area contributed by atoms with Crippen LogP contribution in [0.25, 0.3) is 11.0 Å². The van der Waals surface area contributed by atoms with Gasteiger partial charge in [0.2, 0.25) is 0 Å². The van der Waals surface area contributed by atoms with Crippen LogP contribution in [0.2, 0.25) is 0 Å². The molecule has 1 aliphatic heterocycles. The third-order valence-electron chi connectivity index (χ3n) is 3.79. The molecule has 1 N–H and O–H groups in total. The van der Waals surface area contributed by atoms with Crippen molar-refractivity contribution in [2.24, 2.45) is 0 Å². The van der Waals surface area contributed by atoms with Gasteiger partial charge in [0.25, 0.3) is 5.91 Å². The van der Waals surface area contributed by atoms with E-state index in [0.717, 1.165) is 18.2 Å². The van der Waals surface area contributed by atoms with Gasteiger partial charge in [0, 0.05) is 11.9 Å². The van der Waals surface area contributed by atoms with E-state index < -0.39 is 0 Å². The fraction of sp³-hybridized carbons (Fsp3) is 0.400.